The summed E-state index contributed by atoms with van der Waals surface area (Å²) in [5, 5.41) is 6.44. The number of amides is 1. The average Bonchev–Trinajstić information content (AvgIpc) is 3.12. The van der Waals surface area contributed by atoms with Crippen LogP contribution in [0.5, 0.6) is 0 Å². The Morgan fingerprint density at radius 2 is 2.00 bits per heavy atom. The van der Waals surface area contributed by atoms with Crippen LogP contribution in [0.4, 0.5) is 0 Å². The van der Waals surface area contributed by atoms with Gasteiger partial charge >= 0.3 is 0 Å². The second kappa shape index (κ2) is 5.36. The van der Waals surface area contributed by atoms with Crippen LogP contribution in [0.15, 0.2) is 0 Å². The van der Waals surface area contributed by atoms with Gasteiger partial charge in [0, 0.05) is 24.5 Å². The van der Waals surface area contributed by atoms with Crippen LogP contribution in [0.3, 0.4) is 0 Å². The molecule has 4 heteroatoms. The van der Waals surface area contributed by atoms with Crippen molar-refractivity contribution in [2.24, 2.45) is 0 Å². The molecule has 0 spiro atoms. The predicted octanol–water partition coefficient (Wildman–Crippen LogP) is 0.729. The zero-order chi connectivity index (χ0) is 12.3. The first-order valence-electron chi connectivity index (χ1n) is 6.82. The third kappa shape index (κ3) is 3.96. The van der Waals surface area contributed by atoms with E-state index in [0.29, 0.717) is 18.0 Å². The van der Waals surface area contributed by atoms with Gasteiger partial charge < -0.3 is 15.5 Å². The van der Waals surface area contributed by atoms with Crippen LogP contribution < -0.4 is 10.6 Å². The highest BCUT2D eigenvalue weighted by molar-refractivity contribution is 5.76. The fourth-order valence-electron chi connectivity index (χ4n) is 2.31. The molecule has 0 radical (unpaired) electrons. The first-order valence-corrected chi connectivity index (χ1v) is 6.82. The number of rotatable bonds is 5. The molecule has 2 aliphatic rings. The van der Waals surface area contributed by atoms with Crippen LogP contribution in [0, 0.1) is 0 Å². The molecule has 2 fully saturated rings. The number of likely N-dealkylation sites (tertiary alicyclic amines) is 1. The van der Waals surface area contributed by atoms with Crippen LogP contribution in [0.2, 0.25) is 0 Å². The molecule has 17 heavy (non-hydrogen) atoms. The SMILES string of the molecule is CNC1(C)CCN(CCC(=O)NC2CC2)CC1. The fraction of sp³-hybridized carbons (Fsp3) is 0.923. The van der Waals surface area contributed by atoms with Crippen LogP contribution in [-0.4, -0.2) is 49.1 Å². The number of nitrogens with zero attached hydrogens (tertiary/aromatic N) is 1. The highest BCUT2D eigenvalue weighted by Gasteiger charge is 2.28. The Labute approximate surface area is 104 Å². The molecule has 1 saturated heterocycles. The molecule has 0 aromatic rings. The zero-order valence-corrected chi connectivity index (χ0v) is 11.1. The Balaban J connectivity index is 1.62. The van der Waals surface area contributed by atoms with E-state index in [4.69, 9.17) is 0 Å². The van der Waals surface area contributed by atoms with Crippen molar-refractivity contribution in [2.75, 3.05) is 26.7 Å². The Morgan fingerprint density at radius 1 is 1.35 bits per heavy atom. The van der Waals surface area contributed by atoms with Gasteiger partial charge in [0.1, 0.15) is 0 Å². The molecule has 0 bridgehead atoms. The fourth-order valence-corrected chi connectivity index (χ4v) is 2.31. The smallest absolute Gasteiger partial charge is 0.221 e. The van der Waals surface area contributed by atoms with E-state index < -0.39 is 0 Å². The first kappa shape index (κ1) is 12.8. The van der Waals surface area contributed by atoms with Gasteiger partial charge in [0.05, 0.1) is 0 Å². The summed E-state index contributed by atoms with van der Waals surface area (Å²) in [5.74, 6) is 0.231. The van der Waals surface area contributed by atoms with Crippen LogP contribution in [-0.2, 0) is 4.79 Å². The van der Waals surface area contributed by atoms with Crippen molar-refractivity contribution in [1.29, 1.82) is 0 Å². The third-order valence-corrected chi connectivity index (χ3v) is 4.16. The first-order chi connectivity index (χ1) is 8.11. The summed E-state index contributed by atoms with van der Waals surface area (Å²) < 4.78 is 0. The molecule has 0 unspecified atom stereocenters. The monoisotopic (exact) mass is 239 g/mol. The number of hydrogen-bond acceptors (Lipinski definition) is 3. The molecule has 98 valence electrons. The minimum atomic E-state index is 0.231. The van der Waals surface area contributed by atoms with E-state index in [1.165, 1.54) is 25.7 Å². The Morgan fingerprint density at radius 3 is 2.53 bits per heavy atom. The minimum Gasteiger partial charge on any atom is -0.353 e. The summed E-state index contributed by atoms with van der Waals surface area (Å²) in [7, 11) is 2.04. The van der Waals surface area contributed by atoms with Gasteiger partial charge in [-0.1, -0.05) is 0 Å². The van der Waals surface area contributed by atoms with Crippen molar-refractivity contribution in [3.63, 3.8) is 0 Å². The zero-order valence-electron chi connectivity index (χ0n) is 11.1. The van der Waals surface area contributed by atoms with Crippen LogP contribution >= 0.6 is 0 Å². The van der Waals surface area contributed by atoms with Crippen molar-refractivity contribution in [2.45, 2.75) is 50.6 Å². The van der Waals surface area contributed by atoms with Gasteiger partial charge in [-0.2, -0.15) is 0 Å². The molecule has 4 nitrogen and oxygen atoms in total. The Hall–Kier alpha value is -0.610. The highest BCUT2D eigenvalue weighted by Crippen LogP contribution is 2.21. The number of hydrogen-bond donors (Lipinski definition) is 2. The van der Waals surface area contributed by atoms with Crippen molar-refractivity contribution in [3.05, 3.63) is 0 Å². The standard InChI is InChI=1S/C13H25N3O/c1-13(14-2)6-9-16(10-7-13)8-5-12(17)15-11-3-4-11/h11,14H,3-10H2,1-2H3,(H,15,17). The van der Waals surface area contributed by atoms with E-state index in [2.05, 4.69) is 22.5 Å². The van der Waals surface area contributed by atoms with Gasteiger partial charge in [0.2, 0.25) is 5.91 Å². The number of piperidine rings is 1. The summed E-state index contributed by atoms with van der Waals surface area (Å²) >= 11 is 0. The molecule has 0 aromatic heterocycles. The Kier molecular flexibility index (Phi) is 4.05. The van der Waals surface area contributed by atoms with E-state index in [0.717, 1.165) is 19.6 Å². The van der Waals surface area contributed by atoms with Crippen molar-refractivity contribution in [1.82, 2.24) is 15.5 Å². The minimum absolute atomic E-state index is 0.231. The summed E-state index contributed by atoms with van der Waals surface area (Å²) in [6, 6.07) is 0.497. The van der Waals surface area contributed by atoms with Gasteiger partial charge in [0.15, 0.2) is 0 Å². The highest BCUT2D eigenvalue weighted by atomic mass is 16.1. The molecule has 1 heterocycles. The summed E-state index contributed by atoms with van der Waals surface area (Å²) in [5.41, 5.74) is 0.298. The lowest BCUT2D eigenvalue weighted by Gasteiger charge is -2.39. The molecule has 1 saturated carbocycles. The maximum atomic E-state index is 11.6. The van der Waals surface area contributed by atoms with E-state index in [-0.39, 0.29) is 5.91 Å². The molecule has 0 aromatic carbocycles. The van der Waals surface area contributed by atoms with Gasteiger partial charge in [-0.05, 0) is 52.7 Å². The summed E-state index contributed by atoms with van der Waals surface area (Å²) in [6.45, 7) is 5.41. The predicted molar refractivity (Wildman–Crippen MR) is 68.9 cm³/mol. The second-order valence-electron chi connectivity index (χ2n) is 5.74. The van der Waals surface area contributed by atoms with E-state index in [9.17, 15) is 4.79 Å². The maximum absolute atomic E-state index is 11.6. The molecule has 1 aliphatic heterocycles. The lowest BCUT2D eigenvalue weighted by Crippen LogP contribution is -2.50. The maximum Gasteiger partial charge on any atom is 0.221 e. The van der Waals surface area contributed by atoms with Crippen LogP contribution in [0.1, 0.15) is 39.0 Å². The average molecular weight is 239 g/mol. The third-order valence-electron chi connectivity index (χ3n) is 4.16. The lowest BCUT2D eigenvalue weighted by molar-refractivity contribution is -0.121. The summed E-state index contributed by atoms with van der Waals surface area (Å²) in [4.78, 5) is 14.0. The molecule has 1 amide bonds. The van der Waals surface area contributed by atoms with Crippen molar-refractivity contribution < 1.29 is 4.79 Å². The molecule has 2 rings (SSSR count). The van der Waals surface area contributed by atoms with E-state index >= 15 is 0 Å². The quantitative estimate of drug-likeness (QED) is 0.743. The van der Waals surface area contributed by atoms with Crippen molar-refractivity contribution >= 4 is 5.91 Å². The van der Waals surface area contributed by atoms with E-state index in [1.54, 1.807) is 0 Å². The molecular weight excluding hydrogens is 214 g/mol. The van der Waals surface area contributed by atoms with Gasteiger partial charge in [0.25, 0.3) is 0 Å². The second-order valence-corrected chi connectivity index (χ2v) is 5.74. The molecule has 2 N–H and O–H groups in total. The van der Waals surface area contributed by atoms with Gasteiger partial charge in [-0.15, -0.1) is 0 Å². The Bertz CT molecular complexity index is 268. The van der Waals surface area contributed by atoms with Crippen LogP contribution in [0.25, 0.3) is 0 Å². The molecule has 0 atom stereocenters. The number of nitrogens with one attached hydrogen (secondary N) is 2. The van der Waals surface area contributed by atoms with Gasteiger partial charge in [-0.25, -0.2) is 0 Å². The largest absolute Gasteiger partial charge is 0.353 e. The normalized spacial score (nSPS) is 24.6. The van der Waals surface area contributed by atoms with E-state index in [1.807, 2.05) is 7.05 Å². The summed E-state index contributed by atoms with van der Waals surface area (Å²) in [6.07, 6.45) is 5.36. The number of carbonyl (C=O) groups excluding carboxylic acids is 1. The van der Waals surface area contributed by atoms with Gasteiger partial charge in [-0.3, -0.25) is 4.79 Å². The topological polar surface area (TPSA) is 44.4 Å². The molecular formula is C13H25N3O. The number of carbonyl (C=O) groups is 1. The van der Waals surface area contributed by atoms with Crippen molar-refractivity contribution in [3.8, 4) is 0 Å². The molecule has 1 aliphatic carbocycles. The lowest BCUT2D eigenvalue weighted by atomic mass is 9.90.